The largest absolute Gasteiger partial charge is 1.00 e. The maximum atomic E-state index is 11.2. The third kappa shape index (κ3) is 5.78. The van der Waals surface area contributed by atoms with E-state index in [-0.39, 0.29) is 71.7 Å². The molecule has 2 heterocycles. The van der Waals surface area contributed by atoms with Gasteiger partial charge in [-0.15, -0.1) is 0 Å². The van der Waals surface area contributed by atoms with E-state index in [4.69, 9.17) is 18.9 Å². The molecular weight excluding hydrogens is 467 g/mol. The van der Waals surface area contributed by atoms with Gasteiger partial charge < -0.3 is 37.8 Å². The summed E-state index contributed by atoms with van der Waals surface area (Å²) in [6.45, 7) is 0.0868. The summed E-state index contributed by atoms with van der Waals surface area (Å²) in [5.74, 6) is 1.71. The normalized spacial score (nSPS) is 11.9. The molecule has 3 aromatic rings. The molecule has 1 aromatic heterocycles. The summed E-state index contributed by atoms with van der Waals surface area (Å²) in [5.41, 5.74) is 1.66. The quantitative estimate of drug-likeness (QED) is 0.260. The Bertz CT molecular complexity index is 1120. The molecule has 31 heavy (non-hydrogen) atoms. The van der Waals surface area contributed by atoms with Crippen LogP contribution in [0.5, 0.6) is 28.7 Å². The zero-order chi connectivity index (χ0) is 20.6. The number of methoxy groups -OCH3 is 2. The van der Waals surface area contributed by atoms with Crippen LogP contribution >= 0.6 is 19.4 Å². The van der Waals surface area contributed by atoms with E-state index in [1.807, 2.05) is 0 Å². The van der Waals surface area contributed by atoms with Crippen molar-refractivity contribution in [2.24, 2.45) is 0 Å². The van der Waals surface area contributed by atoms with Crippen molar-refractivity contribution in [3.05, 3.63) is 36.5 Å². The number of hydrogen-bond donors (Lipinski definition) is 0. The first-order valence-corrected chi connectivity index (χ1v) is 10.5. The van der Waals surface area contributed by atoms with Gasteiger partial charge in [0, 0.05) is 29.0 Å². The van der Waals surface area contributed by atoms with Crippen LogP contribution in [0, 0.1) is 0 Å². The summed E-state index contributed by atoms with van der Waals surface area (Å²) in [5, 5.41) is 0. The molecule has 2 aromatic carbocycles. The van der Waals surface area contributed by atoms with Crippen molar-refractivity contribution in [1.82, 2.24) is 4.37 Å². The van der Waals surface area contributed by atoms with Gasteiger partial charge in [0.25, 0.3) is 0 Å². The molecule has 0 N–H and O–H groups in total. The maximum Gasteiger partial charge on any atom is 1.00 e. The zero-order valence-electron chi connectivity index (χ0n) is 17.2. The van der Waals surface area contributed by atoms with Crippen LogP contribution in [0.2, 0.25) is 0 Å². The minimum atomic E-state index is -5.29. The Morgan fingerprint density at radius 1 is 1.03 bits per heavy atom. The topological polar surface area (TPSA) is 122 Å². The molecule has 4 rings (SSSR count). The molecule has 0 amide bonds. The average molecular weight is 481 g/mol. The Hall–Kier alpha value is -0.780. The van der Waals surface area contributed by atoms with Gasteiger partial charge in [0.1, 0.15) is 19.3 Å². The van der Waals surface area contributed by atoms with Crippen molar-refractivity contribution in [3.63, 3.8) is 0 Å². The SMILES string of the molecule is COc1ccc(-c2cnsc2-c2cc(OC)c3c(c2)OCO3)c(OP(=O)([O-])[O-])c1.[Na+].[Na+]. The second-order valence-corrected chi connectivity index (χ2v) is 7.76. The Morgan fingerprint density at radius 2 is 1.81 bits per heavy atom. The molecule has 0 saturated heterocycles. The van der Waals surface area contributed by atoms with Crippen molar-refractivity contribution >= 4 is 19.4 Å². The van der Waals surface area contributed by atoms with Crippen molar-refractivity contribution in [2.75, 3.05) is 21.0 Å². The maximum absolute atomic E-state index is 11.2. The second-order valence-electron chi connectivity index (χ2n) is 5.88. The van der Waals surface area contributed by atoms with Crippen LogP contribution in [-0.2, 0) is 4.57 Å². The molecule has 0 fully saturated rings. The van der Waals surface area contributed by atoms with Crippen molar-refractivity contribution < 1.29 is 96.9 Å². The van der Waals surface area contributed by atoms with E-state index in [0.717, 1.165) is 5.56 Å². The number of fused-ring (bicyclic) bond motifs is 1. The molecule has 0 bridgehead atoms. The Kier molecular flexibility index (Phi) is 9.30. The van der Waals surface area contributed by atoms with E-state index < -0.39 is 7.82 Å². The van der Waals surface area contributed by atoms with Gasteiger partial charge in [0.05, 0.1) is 19.1 Å². The smallest absolute Gasteiger partial charge is 0.780 e. The molecule has 1 aliphatic rings. The molecular formula is C18H14NNa2O8PS. The monoisotopic (exact) mass is 481 g/mol. The van der Waals surface area contributed by atoms with Gasteiger partial charge in [-0.3, -0.25) is 0 Å². The van der Waals surface area contributed by atoms with Gasteiger partial charge >= 0.3 is 59.1 Å². The fourth-order valence-electron chi connectivity index (χ4n) is 2.95. The number of benzene rings is 2. The molecule has 13 heteroatoms. The molecule has 0 unspecified atom stereocenters. The van der Waals surface area contributed by atoms with E-state index in [2.05, 4.69) is 8.90 Å². The summed E-state index contributed by atoms with van der Waals surface area (Å²) >= 11 is 1.18. The van der Waals surface area contributed by atoms with Crippen molar-refractivity contribution in [3.8, 4) is 50.3 Å². The van der Waals surface area contributed by atoms with Crippen LogP contribution in [0.1, 0.15) is 0 Å². The second kappa shape index (κ2) is 10.9. The first kappa shape index (κ1) is 26.5. The molecule has 152 valence electrons. The summed E-state index contributed by atoms with van der Waals surface area (Å²) in [4.78, 5) is 23.2. The first-order valence-electron chi connectivity index (χ1n) is 8.22. The van der Waals surface area contributed by atoms with E-state index in [0.29, 0.717) is 39.0 Å². The predicted octanol–water partition coefficient (Wildman–Crippen LogP) is -3.56. The summed E-state index contributed by atoms with van der Waals surface area (Å²) in [6.07, 6.45) is 1.56. The van der Waals surface area contributed by atoms with Crippen molar-refractivity contribution in [1.29, 1.82) is 0 Å². The van der Waals surface area contributed by atoms with Crippen LogP contribution in [0.4, 0.5) is 0 Å². The minimum absolute atomic E-state index is 0. The average Bonchev–Trinajstić information content (AvgIpc) is 3.35. The van der Waals surface area contributed by atoms with Gasteiger partial charge in [-0.1, -0.05) is 0 Å². The molecule has 0 aliphatic carbocycles. The van der Waals surface area contributed by atoms with Crippen molar-refractivity contribution in [2.45, 2.75) is 0 Å². The summed E-state index contributed by atoms with van der Waals surface area (Å²) < 4.78 is 41.5. The fraction of sp³-hybridized carbons (Fsp3) is 0.167. The van der Waals surface area contributed by atoms with Crippen LogP contribution in [0.25, 0.3) is 21.6 Å². The Morgan fingerprint density at radius 3 is 2.48 bits per heavy atom. The van der Waals surface area contributed by atoms with Gasteiger partial charge in [-0.05, 0) is 35.8 Å². The molecule has 1 aliphatic heterocycles. The number of phosphoric ester groups is 1. The zero-order valence-corrected chi connectivity index (χ0v) is 23.0. The van der Waals surface area contributed by atoms with Gasteiger partial charge in [0.15, 0.2) is 11.5 Å². The van der Waals surface area contributed by atoms with Gasteiger partial charge in [-0.25, -0.2) is 0 Å². The molecule has 9 nitrogen and oxygen atoms in total. The van der Waals surface area contributed by atoms with Crippen LogP contribution < -0.4 is 92.4 Å². The van der Waals surface area contributed by atoms with E-state index in [9.17, 15) is 14.4 Å². The Labute approximate surface area is 226 Å². The van der Waals surface area contributed by atoms with E-state index in [1.54, 1.807) is 30.5 Å². The van der Waals surface area contributed by atoms with E-state index >= 15 is 0 Å². The number of aromatic nitrogens is 1. The van der Waals surface area contributed by atoms with Crippen LogP contribution in [0.3, 0.4) is 0 Å². The summed E-state index contributed by atoms with van der Waals surface area (Å²) in [6, 6.07) is 8.10. The standard InChI is InChI=1S/C18H16NO8PS.2Na/c1-23-11-3-4-12(14(7-11)27-28(20,21)22)13-8-19-29-18(13)10-5-15(24-2)17-16(6-10)25-9-26-17;;/h3-8H,9H2,1-2H3,(H2,20,21,22);;/q;2*+1/p-2. The molecule has 0 radical (unpaired) electrons. The fourth-order valence-corrected chi connectivity index (χ4v) is 4.09. The van der Waals surface area contributed by atoms with E-state index in [1.165, 1.54) is 31.8 Å². The first-order chi connectivity index (χ1) is 13.9. The van der Waals surface area contributed by atoms with Gasteiger partial charge in [0.2, 0.25) is 12.5 Å². The predicted molar refractivity (Wildman–Crippen MR) is 100 cm³/mol. The number of ether oxygens (including phenoxy) is 4. The third-order valence-corrected chi connectivity index (χ3v) is 5.45. The molecule has 0 spiro atoms. The minimum Gasteiger partial charge on any atom is -0.780 e. The van der Waals surface area contributed by atoms with Crippen LogP contribution in [-0.4, -0.2) is 25.4 Å². The number of phosphoric acid groups is 1. The third-order valence-electron chi connectivity index (χ3n) is 4.18. The number of rotatable bonds is 6. The number of nitrogens with zero attached hydrogens (tertiary/aromatic N) is 1. The summed E-state index contributed by atoms with van der Waals surface area (Å²) in [7, 11) is -2.35. The van der Waals surface area contributed by atoms with Gasteiger partial charge in [-0.2, -0.15) is 4.37 Å². The van der Waals surface area contributed by atoms with Crippen LogP contribution in [0.15, 0.2) is 36.5 Å². The Balaban J connectivity index is 0.00000171. The molecule has 0 atom stereocenters. The number of hydrogen-bond acceptors (Lipinski definition) is 10. The molecule has 0 saturated carbocycles.